The van der Waals surface area contributed by atoms with Crippen LogP contribution in [0.3, 0.4) is 0 Å². The molecule has 3 aromatic heterocycles. The van der Waals surface area contributed by atoms with E-state index in [0.29, 0.717) is 24.8 Å². The maximum Gasteiger partial charge on any atom is 0.112 e. The molecule has 0 aliphatic carbocycles. The van der Waals surface area contributed by atoms with Crippen LogP contribution in [0.15, 0.2) is 200 Å². The number of halogens is 6. The number of benzene rings is 7. The van der Waals surface area contributed by atoms with Gasteiger partial charge in [0.05, 0.1) is 19.4 Å². The fourth-order valence-electron chi connectivity index (χ4n) is 8.55. The lowest BCUT2D eigenvalue weighted by molar-refractivity contribution is 0.590. The Labute approximate surface area is 620 Å². The predicted molar refractivity (Wildman–Crippen MR) is 439 cm³/mol. The van der Waals surface area contributed by atoms with Crippen molar-refractivity contribution in [3.63, 3.8) is 0 Å². The minimum atomic E-state index is 0. The van der Waals surface area contributed by atoms with Gasteiger partial charge in [-0.25, -0.2) is 0 Å². The molecule has 0 bridgehead atoms. The van der Waals surface area contributed by atoms with E-state index in [4.69, 9.17) is 69.6 Å². The van der Waals surface area contributed by atoms with E-state index in [0.717, 1.165) is 9.36 Å². The molecule has 516 valence electrons. The predicted octanol–water partition coefficient (Wildman–Crippen LogP) is 31.7. The first-order valence-corrected chi connectivity index (χ1v) is 37.0. The molecule has 7 aromatic carbocycles. The van der Waals surface area contributed by atoms with Gasteiger partial charge in [-0.15, -0.1) is 34.0 Å². The van der Waals surface area contributed by atoms with Gasteiger partial charge in [0.2, 0.25) is 0 Å². The SMILES string of the molecule is C.CC(C)(C)c1cc(Cl)c(Cl)s1.CC(C)(C)c1ccc(-c2ccccc2)cc1.CC(C)(C)c1ccc(Cl)c(Cl)c1.CC(C)(C)c1ccc(Cl)cc1.CC(C)(C)c1ccc(Cl)s1.CC(C)(C)c1ccc2ccccc2c1.CC(C)(C)c1cccs1.Cc1ccc(C(C)(C)C)cc1. The lowest BCUT2D eigenvalue weighted by atomic mass is 9.86. The fraction of sp³-hybridized carbons (Fsp3) is 0.395. The van der Waals surface area contributed by atoms with Gasteiger partial charge in [-0.05, 0) is 154 Å². The van der Waals surface area contributed by atoms with Crippen molar-refractivity contribution in [2.75, 3.05) is 0 Å². The third-order valence-corrected chi connectivity index (χ3v) is 21.1. The van der Waals surface area contributed by atoms with Crippen LogP contribution < -0.4 is 0 Å². The second kappa shape index (κ2) is 37.7. The average molecular weight is 1450 g/mol. The highest BCUT2D eigenvalue weighted by Gasteiger charge is 2.20. The van der Waals surface area contributed by atoms with E-state index >= 15 is 0 Å². The van der Waals surface area contributed by atoms with E-state index in [1.165, 1.54) is 69.9 Å². The number of hydrogen-bond acceptors (Lipinski definition) is 3. The molecule has 0 nitrogen and oxygen atoms in total. The third-order valence-electron chi connectivity index (χ3n) is 14.8. The van der Waals surface area contributed by atoms with Crippen LogP contribution in [0, 0.1) is 6.92 Å². The summed E-state index contributed by atoms with van der Waals surface area (Å²) in [5, 5.41) is 7.49. The Balaban J connectivity index is 0.000000371. The summed E-state index contributed by atoms with van der Waals surface area (Å²) in [6.07, 6.45) is 0. The van der Waals surface area contributed by atoms with Crippen molar-refractivity contribution in [2.24, 2.45) is 0 Å². The largest absolute Gasteiger partial charge is 0.148 e. The Kier molecular flexibility index (Phi) is 34.4. The Bertz CT molecular complexity index is 3700. The van der Waals surface area contributed by atoms with E-state index in [1.54, 1.807) is 22.7 Å². The molecule has 0 aliphatic rings. The highest BCUT2D eigenvalue weighted by molar-refractivity contribution is 7.17. The topological polar surface area (TPSA) is 0 Å². The fourth-order valence-corrected chi connectivity index (χ4v) is 12.3. The summed E-state index contributed by atoms with van der Waals surface area (Å²) in [6.45, 7) is 55.0. The van der Waals surface area contributed by atoms with Crippen LogP contribution in [0.5, 0.6) is 0 Å². The van der Waals surface area contributed by atoms with Gasteiger partial charge in [0.1, 0.15) is 4.34 Å². The molecule has 0 radical (unpaired) electrons. The smallest absolute Gasteiger partial charge is 0.112 e. The lowest BCUT2D eigenvalue weighted by Crippen LogP contribution is -2.10. The first-order chi connectivity index (χ1) is 43.1. The number of thiophene rings is 3. The molecule has 0 saturated carbocycles. The summed E-state index contributed by atoms with van der Waals surface area (Å²) in [4.78, 5) is 4.03. The molecule has 95 heavy (non-hydrogen) atoms. The third kappa shape index (κ3) is 32.0. The summed E-state index contributed by atoms with van der Waals surface area (Å²) >= 11 is 39.9. The normalized spacial score (nSPS) is 11.7. The zero-order valence-electron chi connectivity index (χ0n) is 61.0. The lowest BCUT2D eigenvalue weighted by Gasteiger charge is -2.19. The first-order valence-electron chi connectivity index (χ1n) is 32.3. The van der Waals surface area contributed by atoms with Gasteiger partial charge in [0.25, 0.3) is 0 Å². The number of rotatable bonds is 1. The summed E-state index contributed by atoms with van der Waals surface area (Å²) in [7, 11) is 0. The molecule has 0 N–H and O–H groups in total. The minimum absolute atomic E-state index is 0. The van der Waals surface area contributed by atoms with Crippen LogP contribution in [0.4, 0.5) is 0 Å². The number of aryl methyl sites for hydroxylation is 1. The van der Waals surface area contributed by atoms with Crippen molar-refractivity contribution in [1.29, 1.82) is 0 Å². The standard InChI is InChI=1S/C16H18.C14H16.C11H16.C10H12Cl2.C10H13Cl.C8H10Cl2S.C8H11ClS.C8H12S.CH4/c1-16(2,3)15-11-9-14(10-12-15)13-7-5-4-6-8-13;1-14(2,3)13-9-8-11-6-4-5-7-12(11)10-13;1-9-5-7-10(8-6-9)11(2,3)4;1-10(2,3)7-4-5-8(11)9(12)6-7;1-10(2,3)8-4-6-9(11)7-5-8;1-8(2,3)6-4-5(9)7(10)11-6;1-8(2,3)6-4-5-7(9)10-6;1-8(2,3)7-5-4-6-9-7;/h4-12H,1-3H3;4-10H,1-3H3;5-8H,1-4H3;4-6H,1-3H3;4-7H,1-3H3;4H,1-3H3;4-5H,1-3H3;4-6H,1-3H3;1H4. The van der Waals surface area contributed by atoms with E-state index in [2.05, 4.69) is 324 Å². The van der Waals surface area contributed by atoms with Gasteiger partial charge in [-0.2, -0.15) is 0 Å². The molecule has 9 heteroatoms. The van der Waals surface area contributed by atoms with Crippen LogP contribution in [0.25, 0.3) is 21.9 Å². The van der Waals surface area contributed by atoms with Gasteiger partial charge in [-0.3, -0.25) is 0 Å². The van der Waals surface area contributed by atoms with E-state index < -0.39 is 0 Å². The van der Waals surface area contributed by atoms with E-state index in [9.17, 15) is 0 Å². The highest BCUT2D eigenvalue weighted by atomic mass is 35.5. The van der Waals surface area contributed by atoms with Crippen LogP contribution in [-0.2, 0) is 43.3 Å². The first kappa shape index (κ1) is 86.7. The summed E-state index contributed by atoms with van der Waals surface area (Å²) in [5.41, 5.74) is 12.5. The van der Waals surface area contributed by atoms with Crippen molar-refractivity contribution in [3.8, 4) is 11.1 Å². The minimum Gasteiger partial charge on any atom is -0.148 e. The Morgan fingerprint density at radius 1 is 0.274 bits per heavy atom. The Morgan fingerprint density at radius 2 is 0.674 bits per heavy atom. The molecule has 0 amide bonds. The molecule has 3 heterocycles. The van der Waals surface area contributed by atoms with Crippen molar-refractivity contribution in [1.82, 2.24) is 0 Å². The Hall–Kier alpha value is -4.36. The van der Waals surface area contributed by atoms with E-state index in [1.807, 2.05) is 59.9 Å². The van der Waals surface area contributed by atoms with Gasteiger partial charge >= 0.3 is 0 Å². The maximum atomic E-state index is 5.89. The number of fused-ring (bicyclic) bond motifs is 1. The molecule has 0 spiro atoms. The molecule has 10 aromatic rings. The summed E-state index contributed by atoms with van der Waals surface area (Å²) < 4.78 is 1.57. The molecule has 0 aliphatic heterocycles. The van der Waals surface area contributed by atoms with Gasteiger partial charge in [-0.1, -0.05) is 394 Å². The zero-order chi connectivity index (χ0) is 71.4. The zero-order valence-corrected chi connectivity index (χ0v) is 68.0. The van der Waals surface area contributed by atoms with Crippen LogP contribution in [0.2, 0.25) is 28.8 Å². The summed E-state index contributed by atoms with van der Waals surface area (Å²) in [5.74, 6) is 0. The molecule has 10 rings (SSSR count). The van der Waals surface area contributed by atoms with E-state index in [-0.39, 0.29) is 45.3 Å². The van der Waals surface area contributed by atoms with Crippen LogP contribution in [0.1, 0.15) is 222 Å². The molecular weight excluding hydrogens is 1340 g/mol. The molecule has 0 atom stereocenters. The monoisotopic (exact) mass is 1450 g/mol. The van der Waals surface area contributed by atoms with Crippen molar-refractivity contribution >= 4 is 114 Å². The Morgan fingerprint density at radius 3 is 1.03 bits per heavy atom. The quantitative estimate of drug-likeness (QED) is 0.154. The maximum absolute atomic E-state index is 5.89. The van der Waals surface area contributed by atoms with Crippen molar-refractivity contribution < 1.29 is 0 Å². The molecule has 0 unspecified atom stereocenters. The number of hydrogen-bond donors (Lipinski definition) is 0. The average Bonchev–Trinajstić information content (AvgIpc) is 1.76. The van der Waals surface area contributed by atoms with Gasteiger partial charge < -0.3 is 0 Å². The van der Waals surface area contributed by atoms with Gasteiger partial charge in [0, 0.05) is 19.7 Å². The molecular formula is C86H112Cl6S3. The summed E-state index contributed by atoms with van der Waals surface area (Å²) in [6, 6.07) is 67.4. The second-order valence-corrected chi connectivity index (χ2v) is 37.8. The highest BCUT2D eigenvalue weighted by Crippen LogP contribution is 2.38. The molecule has 0 saturated heterocycles. The second-order valence-electron chi connectivity index (χ2n) is 31.8. The van der Waals surface area contributed by atoms with Crippen molar-refractivity contribution in [3.05, 3.63) is 276 Å². The van der Waals surface area contributed by atoms with Crippen LogP contribution >= 0.6 is 104 Å². The van der Waals surface area contributed by atoms with Gasteiger partial charge in [0.15, 0.2) is 0 Å². The van der Waals surface area contributed by atoms with Crippen LogP contribution in [-0.4, -0.2) is 0 Å². The van der Waals surface area contributed by atoms with Crippen molar-refractivity contribution in [2.45, 2.75) is 224 Å². The molecule has 0 fully saturated rings.